The minimum Gasteiger partial charge on any atom is -0.301 e. The molecule has 158 valence electrons. The molecule has 31 heavy (non-hydrogen) atoms. The number of aromatic nitrogens is 4. The number of hydrogen-bond acceptors (Lipinski definition) is 7. The third-order valence-electron chi connectivity index (χ3n) is 4.40. The highest BCUT2D eigenvalue weighted by molar-refractivity contribution is 8.00. The summed E-state index contributed by atoms with van der Waals surface area (Å²) in [7, 11) is 0. The van der Waals surface area contributed by atoms with Crippen molar-refractivity contribution in [3.05, 3.63) is 78.1 Å². The Labute approximate surface area is 193 Å². The van der Waals surface area contributed by atoms with Gasteiger partial charge in [-0.05, 0) is 30.7 Å². The Morgan fingerprint density at radius 3 is 2.52 bits per heavy atom. The fourth-order valence-corrected chi connectivity index (χ4v) is 5.25. The van der Waals surface area contributed by atoms with Gasteiger partial charge in [-0.3, -0.25) is 9.36 Å². The van der Waals surface area contributed by atoms with Crippen LogP contribution in [0.1, 0.15) is 19.2 Å². The quantitative estimate of drug-likeness (QED) is 0.327. The van der Waals surface area contributed by atoms with E-state index in [1.807, 2.05) is 65.4 Å². The van der Waals surface area contributed by atoms with E-state index in [-0.39, 0.29) is 11.2 Å². The highest BCUT2D eigenvalue weighted by Crippen LogP contribution is 2.30. The molecule has 2 heterocycles. The highest BCUT2D eigenvalue weighted by atomic mass is 32.2. The zero-order chi connectivity index (χ0) is 21.5. The minimum absolute atomic E-state index is 0.0785. The van der Waals surface area contributed by atoms with E-state index in [1.54, 1.807) is 18.0 Å². The normalized spacial score (nSPS) is 11.9. The number of benzene rings is 2. The summed E-state index contributed by atoms with van der Waals surface area (Å²) in [5, 5.41) is 14.6. The van der Waals surface area contributed by atoms with Crippen molar-refractivity contribution < 1.29 is 4.79 Å². The van der Waals surface area contributed by atoms with E-state index in [1.165, 1.54) is 28.0 Å². The average Bonchev–Trinajstić information content (AvgIpc) is 3.47. The van der Waals surface area contributed by atoms with Gasteiger partial charge in [0.15, 0.2) is 10.3 Å². The van der Waals surface area contributed by atoms with Crippen LogP contribution in [0, 0.1) is 0 Å². The first kappa shape index (κ1) is 21.6. The smallest absolute Gasteiger partial charge is 0.239 e. The summed E-state index contributed by atoms with van der Waals surface area (Å²) in [6.07, 6.45) is 2.34. The summed E-state index contributed by atoms with van der Waals surface area (Å²) >= 11 is 4.54. The molecule has 0 fully saturated rings. The Balaban J connectivity index is 1.57. The van der Waals surface area contributed by atoms with Crippen LogP contribution in [0.3, 0.4) is 0 Å². The Bertz CT molecular complexity index is 1100. The van der Waals surface area contributed by atoms with E-state index in [0.717, 1.165) is 11.5 Å². The van der Waals surface area contributed by atoms with Crippen LogP contribution in [0.25, 0.3) is 5.69 Å². The number of anilines is 1. The summed E-state index contributed by atoms with van der Waals surface area (Å²) in [6, 6.07) is 20.2. The maximum atomic E-state index is 12.8. The molecular formula is C22H21N5OS3. The number of carbonyl (C=O) groups is 1. The van der Waals surface area contributed by atoms with E-state index >= 15 is 0 Å². The van der Waals surface area contributed by atoms with Gasteiger partial charge in [0, 0.05) is 22.2 Å². The Kier molecular flexibility index (Phi) is 7.39. The van der Waals surface area contributed by atoms with E-state index in [9.17, 15) is 4.79 Å². The number of carbonyl (C=O) groups excluding carboxylic acids is 1. The maximum Gasteiger partial charge on any atom is 0.239 e. The average molecular weight is 468 g/mol. The van der Waals surface area contributed by atoms with Gasteiger partial charge >= 0.3 is 0 Å². The molecule has 2 aromatic carbocycles. The predicted octanol–water partition coefficient (Wildman–Crippen LogP) is 5.53. The maximum absolute atomic E-state index is 12.8. The number of nitrogens with zero attached hydrogens (tertiary/aromatic N) is 4. The molecular weight excluding hydrogens is 446 g/mol. The van der Waals surface area contributed by atoms with Crippen LogP contribution in [0.5, 0.6) is 0 Å². The molecule has 1 unspecified atom stereocenters. The Morgan fingerprint density at radius 1 is 1.10 bits per heavy atom. The molecule has 0 saturated heterocycles. The van der Waals surface area contributed by atoms with Crippen molar-refractivity contribution in [2.45, 2.75) is 34.4 Å². The van der Waals surface area contributed by atoms with Gasteiger partial charge in [0.2, 0.25) is 5.91 Å². The topological polar surface area (TPSA) is 72.7 Å². The molecule has 0 radical (unpaired) electrons. The van der Waals surface area contributed by atoms with Crippen molar-refractivity contribution in [1.82, 2.24) is 19.7 Å². The molecule has 1 amide bonds. The standard InChI is InChI=1S/C22H21N5OS3/c1-2-18(20(28)24-21-23-13-14-29-21)31-22-26-25-19(15-30-17-11-7-4-8-12-17)27(22)16-9-5-3-6-10-16/h3-14,18H,2,15H2,1H3,(H,23,24,28). The number of amides is 1. The number of nitrogens with one attached hydrogen (secondary N) is 1. The van der Waals surface area contributed by atoms with Crippen molar-refractivity contribution in [3.8, 4) is 5.69 Å². The fraction of sp³-hybridized carbons (Fsp3) is 0.182. The lowest BCUT2D eigenvalue weighted by atomic mass is 10.3. The largest absolute Gasteiger partial charge is 0.301 e. The lowest BCUT2D eigenvalue weighted by Crippen LogP contribution is -2.25. The van der Waals surface area contributed by atoms with Crippen LogP contribution < -0.4 is 5.32 Å². The molecule has 0 bridgehead atoms. The number of thioether (sulfide) groups is 2. The predicted molar refractivity (Wildman–Crippen MR) is 128 cm³/mol. The van der Waals surface area contributed by atoms with Crippen molar-refractivity contribution in [1.29, 1.82) is 0 Å². The van der Waals surface area contributed by atoms with Crippen molar-refractivity contribution in [3.63, 3.8) is 0 Å². The van der Waals surface area contributed by atoms with Crippen LogP contribution in [0.4, 0.5) is 5.13 Å². The molecule has 1 atom stereocenters. The molecule has 0 aliphatic heterocycles. The summed E-state index contributed by atoms with van der Waals surface area (Å²) in [5.74, 6) is 1.44. The van der Waals surface area contributed by atoms with Gasteiger partial charge in [-0.2, -0.15) is 0 Å². The van der Waals surface area contributed by atoms with E-state index in [2.05, 4.69) is 32.6 Å². The summed E-state index contributed by atoms with van der Waals surface area (Å²) in [6.45, 7) is 1.99. The third-order valence-corrected chi connectivity index (χ3v) is 7.40. The highest BCUT2D eigenvalue weighted by Gasteiger charge is 2.24. The number of para-hydroxylation sites is 1. The lowest BCUT2D eigenvalue weighted by Gasteiger charge is -2.15. The summed E-state index contributed by atoms with van der Waals surface area (Å²) in [5.41, 5.74) is 0.980. The van der Waals surface area contributed by atoms with Gasteiger partial charge in [-0.25, -0.2) is 4.98 Å². The molecule has 1 N–H and O–H groups in total. The van der Waals surface area contributed by atoms with Crippen LogP contribution in [-0.2, 0) is 10.5 Å². The fourth-order valence-electron chi connectivity index (χ4n) is 2.89. The summed E-state index contributed by atoms with van der Waals surface area (Å²) in [4.78, 5) is 18.1. The van der Waals surface area contributed by atoms with Gasteiger partial charge in [0.05, 0.1) is 11.0 Å². The lowest BCUT2D eigenvalue weighted by molar-refractivity contribution is -0.115. The van der Waals surface area contributed by atoms with Crippen LogP contribution in [0.15, 0.2) is 82.3 Å². The Morgan fingerprint density at radius 2 is 1.84 bits per heavy atom. The first-order chi connectivity index (χ1) is 15.2. The second-order valence-electron chi connectivity index (χ2n) is 6.51. The van der Waals surface area contributed by atoms with Gasteiger partial charge in [-0.1, -0.05) is 55.1 Å². The van der Waals surface area contributed by atoms with Crippen molar-refractivity contribution in [2.24, 2.45) is 0 Å². The molecule has 4 rings (SSSR count). The van der Waals surface area contributed by atoms with Gasteiger partial charge < -0.3 is 5.32 Å². The van der Waals surface area contributed by atoms with Crippen molar-refractivity contribution in [2.75, 3.05) is 5.32 Å². The van der Waals surface area contributed by atoms with E-state index in [0.29, 0.717) is 22.5 Å². The molecule has 0 saturated carbocycles. The zero-order valence-corrected chi connectivity index (χ0v) is 19.3. The first-order valence-electron chi connectivity index (χ1n) is 9.79. The number of thiazole rings is 1. The molecule has 4 aromatic rings. The zero-order valence-electron chi connectivity index (χ0n) is 16.8. The van der Waals surface area contributed by atoms with Gasteiger partial charge in [0.1, 0.15) is 5.82 Å². The SMILES string of the molecule is CCC(Sc1nnc(CSc2ccccc2)n1-c1ccccc1)C(=O)Nc1nccs1. The van der Waals surface area contributed by atoms with E-state index in [4.69, 9.17) is 0 Å². The molecule has 9 heteroatoms. The molecule has 0 aliphatic carbocycles. The first-order valence-corrected chi connectivity index (χ1v) is 12.5. The molecule has 6 nitrogen and oxygen atoms in total. The molecule has 0 spiro atoms. The van der Waals surface area contributed by atoms with Crippen LogP contribution >= 0.6 is 34.9 Å². The van der Waals surface area contributed by atoms with Gasteiger partial charge in [0.25, 0.3) is 0 Å². The van der Waals surface area contributed by atoms with Crippen LogP contribution in [0.2, 0.25) is 0 Å². The number of hydrogen-bond donors (Lipinski definition) is 1. The molecule has 0 aliphatic rings. The van der Waals surface area contributed by atoms with Gasteiger partial charge in [-0.15, -0.1) is 33.3 Å². The summed E-state index contributed by atoms with van der Waals surface area (Å²) < 4.78 is 2.04. The Hall–Kier alpha value is -2.62. The third kappa shape index (κ3) is 5.55. The minimum atomic E-state index is -0.301. The van der Waals surface area contributed by atoms with E-state index < -0.39 is 0 Å². The number of rotatable bonds is 9. The van der Waals surface area contributed by atoms with Crippen molar-refractivity contribution >= 4 is 45.9 Å². The second-order valence-corrected chi connectivity index (χ2v) is 9.63. The second kappa shape index (κ2) is 10.6. The monoisotopic (exact) mass is 467 g/mol. The van der Waals surface area contributed by atoms with Crippen LogP contribution in [-0.4, -0.2) is 30.9 Å². The molecule has 2 aromatic heterocycles.